The molecule has 14 heavy (non-hydrogen) atoms. The monoisotopic (exact) mass is 194 g/mol. The van der Waals surface area contributed by atoms with Gasteiger partial charge in [0.15, 0.2) is 0 Å². The highest BCUT2D eigenvalue weighted by atomic mass is 16.3. The third-order valence-corrected chi connectivity index (χ3v) is 1.76. The van der Waals surface area contributed by atoms with Gasteiger partial charge in [0.2, 0.25) is 0 Å². The van der Waals surface area contributed by atoms with Gasteiger partial charge in [-0.25, -0.2) is 0 Å². The van der Waals surface area contributed by atoms with E-state index in [2.05, 4.69) is 4.98 Å². The zero-order valence-corrected chi connectivity index (χ0v) is 7.40. The van der Waals surface area contributed by atoms with Gasteiger partial charge < -0.3 is 15.2 Å². The van der Waals surface area contributed by atoms with Gasteiger partial charge in [0.1, 0.15) is 11.6 Å². The van der Waals surface area contributed by atoms with Crippen molar-refractivity contribution in [1.29, 1.82) is 5.26 Å². The molecule has 5 nitrogen and oxygen atoms in total. The number of aromatic amines is 1. The van der Waals surface area contributed by atoms with E-state index in [9.17, 15) is 4.79 Å². The fourth-order valence-electron chi connectivity index (χ4n) is 1.04. The molecule has 0 spiro atoms. The number of hydrogen-bond donors (Lipinski definition) is 3. The molecule has 0 aliphatic carbocycles. The van der Waals surface area contributed by atoms with Crippen molar-refractivity contribution in [3.8, 4) is 6.07 Å². The van der Waals surface area contributed by atoms with Crippen molar-refractivity contribution in [3.63, 3.8) is 0 Å². The van der Waals surface area contributed by atoms with E-state index in [1.807, 2.05) is 0 Å². The molecule has 0 aromatic carbocycles. The van der Waals surface area contributed by atoms with Crippen LogP contribution in [0.3, 0.4) is 0 Å². The number of nitrogens with zero attached hydrogens (tertiary/aromatic N) is 1. The average molecular weight is 194 g/mol. The number of nitrogens with one attached hydrogen (secondary N) is 1. The lowest BCUT2D eigenvalue weighted by molar-refractivity contribution is 0.0947. The van der Waals surface area contributed by atoms with Gasteiger partial charge in [0, 0.05) is 12.1 Å². The summed E-state index contributed by atoms with van der Waals surface area (Å²) in [6.45, 7) is -0.359. The van der Waals surface area contributed by atoms with Gasteiger partial charge >= 0.3 is 0 Å². The predicted octanol–water partition coefficient (Wildman–Crippen LogP) is -0.858. The van der Waals surface area contributed by atoms with E-state index in [1.54, 1.807) is 12.1 Å². The van der Waals surface area contributed by atoms with Gasteiger partial charge in [-0.3, -0.25) is 4.79 Å². The number of H-pyrrole nitrogens is 1. The zero-order chi connectivity index (χ0) is 10.6. The summed E-state index contributed by atoms with van der Waals surface area (Å²) < 4.78 is 0. The molecule has 0 saturated heterocycles. The first-order valence-corrected chi connectivity index (χ1v) is 4.08. The Balaban J connectivity index is 2.88. The largest absolute Gasteiger partial charge is 0.394 e. The van der Waals surface area contributed by atoms with Gasteiger partial charge in [-0.15, -0.1) is 0 Å². The Morgan fingerprint density at radius 1 is 1.57 bits per heavy atom. The molecule has 0 aliphatic rings. The van der Waals surface area contributed by atoms with Crippen LogP contribution in [0.5, 0.6) is 0 Å². The van der Waals surface area contributed by atoms with Crippen molar-refractivity contribution < 1.29 is 10.2 Å². The molecule has 3 N–H and O–H groups in total. The van der Waals surface area contributed by atoms with Crippen LogP contribution in [-0.2, 0) is 6.42 Å². The highest BCUT2D eigenvalue weighted by molar-refractivity contribution is 5.26. The summed E-state index contributed by atoms with van der Waals surface area (Å²) in [6.07, 6.45) is -0.726. The Morgan fingerprint density at radius 2 is 2.29 bits per heavy atom. The molecule has 74 valence electrons. The summed E-state index contributed by atoms with van der Waals surface area (Å²) in [6, 6.07) is 4.66. The first-order valence-electron chi connectivity index (χ1n) is 4.08. The molecular weight excluding hydrogens is 184 g/mol. The van der Waals surface area contributed by atoms with Crippen LogP contribution in [0.4, 0.5) is 0 Å². The summed E-state index contributed by atoms with van der Waals surface area (Å²) in [5.74, 6) is 0. The van der Waals surface area contributed by atoms with E-state index >= 15 is 0 Å². The molecule has 0 saturated carbocycles. The lowest BCUT2D eigenvalue weighted by atomic mass is 10.1. The summed E-state index contributed by atoms with van der Waals surface area (Å²) in [7, 11) is 0. The van der Waals surface area contributed by atoms with Crippen LogP contribution >= 0.6 is 0 Å². The quantitative estimate of drug-likeness (QED) is 0.583. The van der Waals surface area contributed by atoms with Crippen molar-refractivity contribution in [2.45, 2.75) is 12.5 Å². The summed E-state index contributed by atoms with van der Waals surface area (Å²) >= 11 is 0. The molecule has 1 rings (SSSR count). The molecule has 1 heterocycles. The van der Waals surface area contributed by atoms with Crippen molar-refractivity contribution in [2.75, 3.05) is 6.61 Å². The SMILES string of the molecule is N#Cc1ccc(CC(O)CO)[nH]c1=O. The van der Waals surface area contributed by atoms with Crippen LogP contribution in [-0.4, -0.2) is 27.9 Å². The molecule has 0 aliphatic heterocycles. The van der Waals surface area contributed by atoms with Crippen molar-refractivity contribution in [1.82, 2.24) is 4.98 Å². The number of rotatable bonds is 3. The highest BCUT2D eigenvalue weighted by Gasteiger charge is 2.05. The minimum Gasteiger partial charge on any atom is -0.394 e. The van der Waals surface area contributed by atoms with E-state index < -0.39 is 11.7 Å². The predicted molar refractivity (Wildman–Crippen MR) is 48.6 cm³/mol. The molecule has 1 unspecified atom stereocenters. The number of pyridine rings is 1. The first-order chi connectivity index (χ1) is 6.67. The zero-order valence-electron chi connectivity index (χ0n) is 7.40. The molecule has 0 bridgehead atoms. The molecule has 0 fully saturated rings. The minimum absolute atomic E-state index is 0.0345. The van der Waals surface area contributed by atoms with Crippen LogP contribution < -0.4 is 5.56 Å². The Hall–Kier alpha value is -1.64. The third kappa shape index (κ3) is 2.42. The fourth-order valence-corrected chi connectivity index (χ4v) is 1.04. The molecule has 1 aromatic rings. The number of hydrogen-bond acceptors (Lipinski definition) is 4. The molecular formula is C9H10N2O3. The Bertz CT molecular complexity index is 405. The average Bonchev–Trinajstić information content (AvgIpc) is 2.18. The second kappa shape index (κ2) is 4.56. The van der Waals surface area contributed by atoms with Gasteiger partial charge in [0.05, 0.1) is 12.7 Å². The molecule has 5 heteroatoms. The maximum absolute atomic E-state index is 11.1. The van der Waals surface area contributed by atoms with E-state index in [0.717, 1.165) is 0 Å². The van der Waals surface area contributed by atoms with Crippen LogP contribution in [0.15, 0.2) is 16.9 Å². The second-order valence-corrected chi connectivity index (χ2v) is 2.88. The Kier molecular flexibility index (Phi) is 3.40. The van der Waals surface area contributed by atoms with Crippen molar-refractivity contribution in [2.24, 2.45) is 0 Å². The number of aromatic nitrogens is 1. The van der Waals surface area contributed by atoms with Gasteiger partial charge in [-0.1, -0.05) is 0 Å². The number of nitriles is 1. The van der Waals surface area contributed by atoms with Crippen LogP contribution in [0, 0.1) is 11.3 Å². The summed E-state index contributed by atoms with van der Waals surface area (Å²) in [5, 5.41) is 26.1. The topological polar surface area (TPSA) is 97.1 Å². The summed E-state index contributed by atoms with van der Waals surface area (Å²) in [4.78, 5) is 13.6. The second-order valence-electron chi connectivity index (χ2n) is 2.88. The molecule has 0 radical (unpaired) electrons. The Labute approximate surface area is 80.3 Å². The first kappa shape index (κ1) is 10.4. The Morgan fingerprint density at radius 3 is 2.79 bits per heavy atom. The molecule has 1 atom stereocenters. The van der Waals surface area contributed by atoms with Gasteiger partial charge in [-0.2, -0.15) is 5.26 Å². The van der Waals surface area contributed by atoms with Crippen molar-refractivity contribution in [3.05, 3.63) is 33.7 Å². The van der Waals surface area contributed by atoms with E-state index in [0.29, 0.717) is 5.69 Å². The minimum atomic E-state index is -0.890. The highest BCUT2D eigenvalue weighted by Crippen LogP contribution is 1.98. The van der Waals surface area contributed by atoms with Gasteiger partial charge in [-0.05, 0) is 12.1 Å². The van der Waals surface area contributed by atoms with E-state index in [4.69, 9.17) is 15.5 Å². The summed E-state index contributed by atoms with van der Waals surface area (Å²) in [5.41, 5.74) is 0.0536. The van der Waals surface area contributed by atoms with E-state index in [1.165, 1.54) is 6.07 Å². The van der Waals surface area contributed by atoms with Gasteiger partial charge in [0.25, 0.3) is 5.56 Å². The maximum atomic E-state index is 11.1. The van der Waals surface area contributed by atoms with Crippen molar-refractivity contribution >= 4 is 0 Å². The lowest BCUT2D eigenvalue weighted by Crippen LogP contribution is -2.19. The fraction of sp³-hybridized carbons (Fsp3) is 0.333. The number of aliphatic hydroxyl groups is 2. The smallest absolute Gasteiger partial charge is 0.266 e. The van der Waals surface area contributed by atoms with Crippen LogP contribution in [0.2, 0.25) is 0 Å². The van der Waals surface area contributed by atoms with Crippen LogP contribution in [0.1, 0.15) is 11.3 Å². The standard InChI is InChI=1S/C9H10N2O3/c10-4-6-1-2-7(11-9(6)14)3-8(13)5-12/h1-2,8,12-13H,3,5H2,(H,11,14). The van der Waals surface area contributed by atoms with E-state index in [-0.39, 0.29) is 18.6 Å². The lowest BCUT2D eigenvalue weighted by Gasteiger charge is -2.05. The molecule has 0 amide bonds. The maximum Gasteiger partial charge on any atom is 0.266 e. The normalized spacial score (nSPS) is 12.1. The third-order valence-electron chi connectivity index (χ3n) is 1.76. The molecule has 1 aromatic heterocycles. The number of aliphatic hydroxyl groups excluding tert-OH is 2. The van der Waals surface area contributed by atoms with Crippen LogP contribution in [0.25, 0.3) is 0 Å².